The molecule has 2 aromatic rings. The fourth-order valence-corrected chi connectivity index (χ4v) is 1.36. The SMILES string of the molecule is NC(=O)Cc1ccccc1-c1nn[nH]n1. The summed E-state index contributed by atoms with van der Waals surface area (Å²) in [5.41, 5.74) is 6.71. The van der Waals surface area contributed by atoms with E-state index >= 15 is 0 Å². The molecule has 0 aliphatic carbocycles. The Kier molecular flexibility index (Phi) is 2.40. The van der Waals surface area contributed by atoms with E-state index in [-0.39, 0.29) is 12.3 Å². The predicted octanol–water partition coefficient (Wildman–Crippen LogP) is -0.106. The maximum absolute atomic E-state index is 10.8. The quantitative estimate of drug-likeness (QED) is 0.727. The zero-order valence-corrected chi connectivity index (χ0v) is 7.84. The molecule has 1 heterocycles. The number of H-pyrrole nitrogens is 1. The lowest BCUT2D eigenvalue weighted by Gasteiger charge is -2.02. The molecule has 6 heteroatoms. The molecule has 0 spiro atoms. The number of carbonyl (C=O) groups is 1. The van der Waals surface area contributed by atoms with Gasteiger partial charge in [0.15, 0.2) is 0 Å². The van der Waals surface area contributed by atoms with Gasteiger partial charge in [-0.2, -0.15) is 5.21 Å². The third-order valence-electron chi connectivity index (χ3n) is 1.97. The zero-order valence-electron chi connectivity index (χ0n) is 7.84. The number of primary amides is 1. The van der Waals surface area contributed by atoms with Crippen molar-refractivity contribution in [1.29, 1.82) is 0 Å². The van der Waals surface area contributed by atoms with Crippen LogP contribution >= 0.6 is 0 Å². The maximum Gasteiger partial charge on any atom is 0.221 e. The monoisotopic (exact) mass is 203 g/mol. The molecule has 0 bridgehead atoms. The summed E-state index contributed by atoms with van der Waals surface area (Å²) in [6.45, 7) is 0. The van der Waals surface area contributed by atoms with E-state index in [1.54, 1.807) is 0 Å². The largest absolute Gasteiger partial charge is 0.369 e. The van der Waals surface area contributed by atoms with E-state index in [1.165, 1.54) is 0 Å². The molecule has 1 aromatic heterocycles. The second-order valence-electron chi connectivity index (χ2n) is 3.04. The van der Waals surface area contributed by atoms with E-state index in [9.17, 15) is 4.79 Å². The highest BCUT2D eigenvalue weighted by atomic mass is 16.1. The summed E-state index contributed by atoms with van der Waals surface area (Å²) in [4.78, 5) is 10.8. The third-order valence-corrected chi connectivity index (χ3v) is 1.97. The van der Waals surface area contributed by atoms with Crippen molar-refractivity contribution in [2.24, 2.45) is 5.73 Å². The molecule has 0 unspecified atom stereocenters. The summed E-state index contributed by atoms with van der Waals surface area (Å²) in [6, 6.07) is 7.32. The Morgan fingerprint density at radius 2 is 2.20 bits per heavy atom. The first-order valence-electron chi connectivity index (χ1n) is 4.37. The fraction of sp³-hybridized carbons (Fsp3) is 0.111. The van der Waals surface area contributed by atoms with Crippen LogP contribution in [0.1, 0.15) is 5.56 Å². The molecule has 2 rings (SSSR count). The van der Waals surface area contributed by atoms with Crippen molar-refractivity contribution in [2.75, 3.05) is 0 Å². The topological polar surface area (TPSA) is 97.5 Å². The van der Waals surface area contributed by atoms with Crippen molar-refractivity contribution in [3.05, 3.63) is 29.8 Å². The first kappa shape index (κ1) is 9.32. The van der Waals surface area contributed by atoms with Gasteiger partial charge in [0.1, 0.15) is 0 Å². The number of amides is 1. The summed E-state index contributed by atoms with van der Waals surface area (Å²) in [7, 11) is 0. The van der Waals surface area contributed by atoms with Gasteiger partial charge in [0, 0.05) is 5.56 Å². The Morgan fingerprint density at radius 1 is 1.40 bits per heavy atom. The summed E-state index contributed by atoms with van der Waals surface area (Å²) in [6.07, 6.45) is 0.171. The average Bonchev–Trinajstić information content (AvgIpc) is 2.70. The van der Waals surface area contributed by atoms with Crippen molar-refractivity contribution in [2.45, 2.75) is 6.42 Å². The molecule has 15 heavy (non-hydrogen) atoms. The number of aromatic amines is 1. The summed E-state index contributed by atoms with van der Waals surface area (Å²) in [5, 5.41) is 13.5. The van der Waals surface area contributed by atoms with Crippen molar-refractivity contribution in [3.63, 3.8) is 0 Å². The number of carbonyl (C=O) groups excluding carboxylic acids is 1. The molecular formula is C9H9N5O. The Bertz CT molecular complexity index is 465. The van der Waals surface area contributed by atoms with Crippen LogP contribution in [0.25, 0.3) is 11.4 Å². The van der Waals surface area contributed by atoms with Crippen molar-refractivity contribution >= 4 is 5.91 Å². The molecule has 0 aliphatic heterocycles. The Morgan fingerprint density at radius 3 is 2.87 bits per heavy atom. The van der Waals surface area contributed by atoms with Gasteiger partial charge in [-0.25, -0.2) is 0 Å². The van der Waals surface area contributed by atoms with Gasteiger partial charge in [-0.1, -0.05) is 24.3 Å². The number of hydrogen-bond donors (Lipinski definition) is 2. The van der Waals surface area contributed by atoms with E-state index in [1.807, 2.05) is 24.3 Å². The van der Waals surface area contributed by atoms with E-state index < -0.39 is 0 Å². The second-order valence-corrected chi connectivity index (χ2v) is 3.04. The lowest BCUT2D eigenvalue weighted by atomic mass is 10.0. The molecule has 0 fully saturated rings. The molecule has 76 valence electrons. The van der Waals surface area contributed by atoms with Gasteiger partial charge < -0.3 is 5.73 Å². The predicted molar refractivity (Wildman–Crippen MR) is 52.5 cm³/mol. The van der Waals surface area contributed by atoms with E-state index in [0.29, 0.717) is 5.82 Å². The molecule has 0 radical (unpaired) electrons. The smallest absolute Gasteiger partial charge is 0.221 e. The molecule has 6 nitrogen and oxygen atoms in total. The van der Waals surface area contributed by atoms with Crippen LogP contribution in [0.4, 0.5) is 0 Å². The third kappa shape index (κ3) is 1.98. The van der Waals surface area contributed by atoms with Crippen LogP contribution in [0.5, 0.6) is 0 Å². The summed E-state index contributed by atoms with van der Waals surface area (Å²) in [5.74, 6) is 0.0813. The minimum atomic E-state index is -0.383. The van der Waals surface area contributed by atoms with Crippen molar-refractivity contribution in [1.82, 2.24) is 20.6 Å². The van der Waals surface area contributed by atoms with Gasteiger partial charge >= 0.3 is 0 Å². The van der Waals surface area contributed by atoms with Crippen molar-refractivity contribution < 1.29 is 4.79 Å². The van der Waals surface area contributed by atoms with Gasteiger partial charge in [0.25, 0.3) is 0 Å². The fourth-order valence-electron chi connectivity index (χ4n) is 1.36. The zero-order chi connectivity index (χ0) is 10.7. The second kappa shape index (κ2) is 3.87. The molecule has 1 aromatic carbocycles. The van der Waals surface area contributed by atoms with Crippen LogP contribution in [-0.4, -0.2) is 26.5 Å². The molecule has 0 saturated carbocycles. The van der Waals surface area contributed by atoms with Gasteiger partial charge in [0.2, 0.25) is 11.7 Å². The summed E-state index contributed by atoms with van der Waals surface area (Å²) < 4.78 is 0. The van der Waals surface area contributed by atoms with Gasteiger partial charge in [-0.3, -0.25) is 4.79 Å². The highest BCUT2D eigenvalue weighted by Gasteiger charge is 2.09. The van der Waals surface area contributed by atoms with Gasteiger partial charge in [-0.15, -0.1) is 10.2 Å². The molecule has 0 saturated heterocycles. The Labute approximate surface area is 85.5 Å². The van der Waals surface area contributed by atoms with Crippen molar-refractivity contribution in [3.8, 4) is 11.4 Å². The van der Waals surface area contributed by atoms with Crippen LogP contribution in [0, 0.1) is 0 Å². The Hall–Kier alpha value is -2.24. The number of benzene rings is 1. The molecule has 1 amide bonds. The lowest BCUT2D eigenvalue weighted by molar-refractivity contribution is -0.117. The molecular weight excluding hydrogens is 194 g/mol. The molecule has 0 atom stereocenters. The van der Waals surface area contributed by atoms with Crippen LogP contribution in [-0.2, 0) is 11.2 Å². The molecule has 0 aliphatic rings. The van der Waals surface area contributed by atoms with Gasteiger partial charge in [-0.05, 0) is 10.8 Å². The molecule has 3 N–H and O–H groups in total. The van der Waals surface area contributed by atoms with E-state index in [4.69, 9.17) is 5.73 Å². The standard InChI is InChI=1S/C9H9N5O/c10-8(15)5-6-3-1-2-4-7(6)9-11-13-14-12-9/h1-4H,5H2,(H2,10,15)(H,11,12,13,14). The minimum absolute atomic E-state index is 0.171. The number of nitrogens with one attached hydrogen (secondary N) is 1. The first-order valence-corrected chi connectivity index (χ1v) is 4.37. The average molecular weight is 203 g/mol. The van der Waals surface area contributed by atoms with Crippen LogP contribution in [0.15, 0.2) is 24.3 Å². The number of nitrogens with zero attached hydrogens (tertiary/aromatic N) is 3. The lowest BCUT2D eigenvalue weighted by Crippen LogP contribution is -2.14. The highest BCUT2D eigenvalue weighted by Crippen LogP contribution is 2.18. The van der Waals surface area contributed by atoms with Crippen LogP contribution in [0.2, 0.25) is 0 Å². The maximum atomic E-state index is 10.8. The van der Waals surface area contributed by atoms with E-state index in [2.05, 4.69) is 20.6 Å². The number of tetrazole rings is 1. The number of hydrogen-bond acceptors (Lipinski definition) is 4. The number of aromatic nitrogens is 4. The van der Waals surface area contributed by atoms with Gasteiger partial charge in [0.05, 0.1) is 6.42 Å². The minimum Gasteiger partial charge on any atom is -0.369 e. The van der Waals surface area contributed by atoms with Crippen LogP contribution < -0.4 is 5.73 Å². The summed E-state index contributed by atoms with van der Waals surface area (Å²) >= 11 is 0. The van der Waals surface area contributed by atoms with E-state index in [0.717, 1.165) is 11.1 Å². The van der Waals surface area contributed by atoms with Crippen LogP contribution in [0.3, 0.4) is 0 Å². The number of nitrogens with two attached hydrogens (primary N) is 1. The normalized spacial score (nSPS) is 10.1. The highest BCUT2D eigenvalue weighted by molar-refractivity contribution is 5.79. The number of rotatable bonds is 3. The first-order chi connectivity index (χ1) is 7.27. The Balaban J connectivity index is 2.42.